The first kappa shape index (κ1) is 15.5. The summed E-state index contributed by atoms with van der Waals surface area (Å²) in [4.78, 5) is 0.697. The zero-order chi connectivity index (χ0) is 16.4. The van der Waals surface area contributed by atoms with Gasteiger partial charge in [-0.25, -0.2) is 0 Å². The Bertz CT molecular complexity index is 855. The Morgan fingerprint density at radius 1 is 1.00 bits per heavy atom. The van der Waals surface area contributed by atoms with Gasteiger partial charge in [0.05, 0.1) is 11.0 Å². The number of phenolic OH excluding ortho intramolecular Hbond substituents is 1. The van der Waals surface area contributed by atoms with Crippen molar-refractivity contribution >= 4 is 28.0 Å². The highest BCUT2D eigenvalue weighted by molar-refractivity contribution is 7.80. The van der Waals surface area contributed by atoms with E-state index in [1.165, 1.54) is 5.56 Å². The highest BCUT2D eigenvalue weighted by atomic mass is 32.1. The minimum Gasteiger partial charge on any atom is -0.508 e. The molecule has 0 heterocycles. The Labute approximate surface area is 141 Å². The highest BCUT2D eigenvalue weighted by Gasteiger charge is 2.20. The van der Waals surface area contributed by atoms with Gasteiger partial charge in [-0.05, 0) is 36.2 Å². The van der Waals surface area contributed by atoms with Gasteiger partial charge in [-0.15, -0.1) is 0 Å². The summed E-state index contributed by atoms with van der Waals surface area (Å²) in [5.74, 6) is 0.276. The third-order valence-electron chi connectivity index (χ3n) is 3.99. The molecular weight excluding hydrogens is 302 g/mol. The molecule has 0 aliphatic rings. The molecule has 2 nitrogen and oxygen atoms in total. The van der Waals surface area contributed by atoms with Crippen LogP contribution in [0, 0.1) is 6.92 Å². The first-order valence-corrected chi connectivity index (χ1v) is 8.01. The fourth-order valence-corrected chi connectivity index (χ4v) is 2.99. The smallest absolute Gasteiger partial charge is 0.121 e. The molecule has 0 fully saturated rings. The Morgan fingerprint density at radius 3 is 2.39 bits per heavy atom. The van der Waals surface area contributed by atoms with Crippen LogP contribution in [0.3, 0.4) is 0 Å². The van der Waals surface area contributed by atoms with Gasteiger partial charge in [0.2, 0.25) is 0 Å². The van der Waals surface area contributed by atoms with E-state index in [0.717, 1.165) is 21.9 Å². The molecule has 3 heteroatoms. The van der Waals surface area contributed by atoms with Crippen LogP contribution in [-0.4, -0.2) is 10.1 Å². The highest BCUT2D eigenvalue weighted by Crippen LogP contribution is 2.35. The van der Waals surface area contributed by atoms with Gasteiger partial charge in [-0.2, -0.15) is 0 Å². The number of benzene rings is 3. The van der Waals surface area contributed by atoms with Crippen molar-refractivity contribution in [1.29, 1.82) is 0 Å². The minimum absolute atomic E-state index is 0.181. The van der Waals surface area contributed by atoms with E-state index < -0.39 is 0 Å². The molecule has 3 aromatic carbocycles. The summed E-state index contributed by atoms with van der Waals surface area (Å²) in [6.45, 7) is 3.92. The monoisotopic (exact) mass is 321 g/mol. The van der Waals surface area contributed by atoms with Gasteiger partial charge in [0.1, 0.15) is 5.75 Å². The van der Waals surface area contributed by atoms with Crippen LogP contribution in [0.2, 0.25) is 0 Å². The standard InChI is InChI=1S/C20H19NOS/c1-13-7-9-16(10-8-13)20(21-14(2)23)19-17-6-4-3-5-15(17)11-12-18(19)22/h3-12,20,22H,1-2H3,(H,21,23). The van der Waals surface area contributed by atoms with Crippen molar-refractivity contribution in [2.45, 2.75) is 19.9 Å². The predicted octanol–water partition coefficient (Wildman–Crippen LogP) is 4.88. The fraction of sp³-hybridized carbons (Fsp3) is 0.150. The van der Waals surface area contributed by atoms with Gasteiger partial charge in [0, 0.05) is 5.56 Å². The fourth-order valence-electron chi connectivity index (χ4n) is 2.87. The number of aromatic hydroxyl groups is 1. The van der Waals surface area contributed by atoms with Crippen molar-refractivity contribution in [3.63, 3.8) is 0 Å². The van der Waals surface area contributed by atoms with Gasteiger partial charge in [0.25, 0.3) is 0 Å². The Hall–Kier alpha value is -2.39. The summed E-state index contributed by atoms with van der Waals surface area (Å²) in [5, 5.41) is 16.0. The molecule has 0 radical (unpaired) electrons. The van der Waals surface area contributed by atoms with Crippen molar-refractivity contribution in [3.05, 3.63) is 77.4 Å². The second kappa shape index (κ2) is 6.39. The number of rotatable bonds is 3. The number of phenols is 1. The van der Waals surface area contributed by atoms with Crippen LogP contribution in [0.1, 0.15) is 29.7 Å². The molecule has 116 valence electrons. The molecule has 3 aromatic rings. The van der Waals surface area contributed by atoms with E-state index in [1.54, 1.807) is 6.07 Å². The number of aryl methyl sites for hydroxylation is 1. The SMILES string of the molecule is CC(=S)NC(c1ccc(C)cc1)c1c(O)ccc2ccccc12. The second-order valence-corrected chi connectivity index (χ2v) is 6.38. The topological polar surface area (TPSA) is 32.3 Å². The molecule has 2 N–H and O–H groups in total. The van der Waals surface area contributed by atoms with E-state index in [-0.39, 0.29) is 11.8 Å². The summed E-state index contributed by atoms with van der Waals surface area (Å²) >= 11 is 5.27. The molecule has 3 rings (SSSR count). The number of hydrogen-bond acceptors (Lipinski definition) is 2. The second-order valence-electron chi connectivity index (χ2n) is 5.76. The lowest BCUT2D eigenvalue weighted by Crippen LogP contribution is -2.26. The average molecular weight is 321 g/mol. The van der Waals surface area contributed by atoms with Gasteiger partial charge >= 0.3 is 0 Å². The number of nitrogens with one attached hydrogen (secondary N) is 1. The molecule has 1 atom stereocenters. The molecule has 0 spiro atoms. The molecule has 23 heavy (non-hydrogen) atoms. The average Bonchev–Trinajstić information content (AvgIpc) is 2.54. The van der Waals surface area contributed by atoms with Crippen molar-refractivity contribution in [2.24, 2.45) is 0 Å². The molecule has 0 amide bonds. The maximum atomic E-state index is 10.5. The number of hydrogen-bond donors (Lipinski definition) is 2. The largest absolute Gasteiger partial charge is 0.508 e. The van der Waals surface area contributed by atoms with Crippen LogP contribution >= 0.6 is 12.2 Å². The quantitative estimate of drug-likeness (QED) is 0.674. The van der Waals surface area contributed by atoms with Crippen molar-refractivity contribution < 1.29 is 5.11 Å². The van der Waals surface area contributed by atoms with Crippen LogP contribution in [0.15, 0.2) is 60.7 Å². The molecule has 1 unspecified atom stereocenters. The molecule has 0 aliphatic heterocycles. The molecule has 0 saturated heterocycles. The van der Waals surface area contributed by atoms with Crippen molar-refractivity contribution in [1.82, 2.24) is 5.32 Å². The molecular formula is C20H19NOS. The Morgan fingerprint density at radius 2 is 1.70 bits per heavy atom. The summed E-state index contributed by atoms with van der Waals surface area (Å²) in [6, 6.07) is 19.9. The zero-order valence-corrected chi connectivity index (χ0v) is 14.0. The lowest BCUT2D eigenvalue weighted by Gasteiger charge is -2.23. The lowest BCUT2D eigenvalue weighted by atomic mass is 9.92. The van der Waals surface area contributed by atoms with Crippen LogP contribution in [-0.2, 0) is 0 Å². The van der Waals surface area contributed by atoms with Gasteiger partial charge in [-0.3, -0.25) is 0 Å². The Balaban J connectivity index is 2.22. The van der Waals surface area contributed by atoms with E-state index >= 15 is 0 Å². The molecule has 0 bridgehead atoms. The summed E-state index contributed by atoms with van der Waals surface area (Å²) < 4.78 is 0. The lowest BCUT2D eigenvalue weighted by molar-refractivity contribution is 0.464. The van der Waals surface area contributed by atoms with Crippen LogP contribution in [0.4, 0.5) is 0 Å². The van der Waals surface area contributed by atoms with Crippen LogP contribution in [0.5, 0.6) is 5.75 Å². The molecule has 0 aliphatic carbocycles. The van der Waals surface area contributed by atoms with Crippen LogP contribution < -0.4 is 5.32 Å². The maximum Gasteiger partial charge on any atom is 0.121 e. The van der Waals surface area contributed by atoms with E-state index in [0.29, 0.717) is 4.99 Å². The van der Waals surface area contributed by atoms with E-state index in [9.17, 15) is 5.11 Å². The van der Waals surface area contributed by atoms with Crippen LogP contribution in [0.25, 0.3) is 10.8 Å². The van der Waals surface area contributed by atoms with Gasteiger partial charge in [-0.1, -0.05) is 72.4 Å². The van der Waals surface area contributed by atoms with E-state index in [1.807, 2.05) is 31.2 Å². The minimum atomic E-state index is -0.181. The van der Waals surface area contributed by atoms with Gasteiger partial charge < -0.3 is 10.4 Å². The van der Waals surface area contributed by atoms with Crippen molar-refractivity contribution in [2.75, 3.05) is 0 Å². The van der Waals surface area contributed by atoms with E-state index in [2.05, 4.69) is 42.6 Å². The number of fused-ring (bicyclic) bond motifs is 1. The summed E-state index contributed by atoms with van der Waals surface area (Å²) in [5.41, 5.74) is 3.14. The normalized spacial score (nSPS) is 12.1. The number of thiocarbonyl (C=S) groups is 1. The third kappa shape index (κ3) is 3.20. The molecule has 0 aromatic heterocycles. The first-order valence-electron chi connectivity index (χ1n) is 7.60. The zero-order valence-electron chi connectivity index (χ0n) is 13.2. The molecule has 0 saturated carbocycles. The maximum absolute atomic E-state index is 10.5. The predicted molar refractivity (Wildman–Crippen MR) is 100 cm³/mol. The first-order chi connectivity index (χ1) is 11.1. The Kier molecular flexibility index (Phi) is 4.30. The van der Waals surface area contributed by atoms with Crippen molar-refractivity contribution in [3.8, 4) is 5.75 Å². The summed E-state index contributed by atoms with van der Waals surface area (Å²) in [6.07, 6.45) is 0. The summed E-state index contributed by atoms with van der Waals surface area (Å²) in [7, 11) is 0. The third-order valence-corrected chi connectivity index (χ3v) is 4.11. The van der Waals surface area contributed by atoms with Gasteiger partial charge in [0.15, 0.2) is 0 Å². The van der Waals surface area contributed by atoms with E-state index in [4.69, 9.17) is 12.2 Å².